The van der Waals surface area contributed by atoms with Gasteiger partial charge in [0.15, 0.2) is 0 Å². The Morgan fingerprint density at radius 2 is 2.04 bits per heavy atom. The van der Waals surface area contributed by atoms with E-state index in [1.165, 1.54) is 16.2 Å². The zero-order valence-corrected chi connectivity index (χ0v) is 16.2. The van der Waals surface area contributed by atoms with E-state index in [-0.39, 0.29) is 24.3 Å². The highest BCUT2D eigenvalue weighted by Crippen LogP contribution is 2.38. The van der Waals surface area contributed by atoms with Crippen LogP contribution in [0.2, 0.25) is 5.02 Å². The topological polar surface area (TPSA) is 60.9 Å². The fourth-order valence-electron chi connectivity index (χ4n) is 3.72. The van der Waals surface area contributed by atoms with Gasteiger partial charge in [-0.15, -0.1) is 11.3 Å². The number of likely N-dealkylation sites (tertiary alicyclic amines) is 1. The van der Waals surface area contributed by atoms with Gasteiger partial charge in [-0.2, -0.15) is 0 Å². The van der Waals surface area contributed by atoms with Crippen molar-refractivity contribution >= 4 is 46.0 Å². The average Bonchev–Trinajstić information content (AvgIpc) is 3.28. The van der Waals surface area contributed by atoms with Gasteiger partial charge in [-0.05, 0) is 48.4 Å². The molecule has 1 N–H and O–H groups in total. The summed E-state index contributed by atoms with van der Waals surface area (Å²) in [5, 5.41) is 11.9. The highest BCUT2D eigenvalue weighted by atomic mass is 35.5. The summed E-state index contributed by atoms with van der Waals surface area (Å²) in [6, 6.07) is 10.5. The molecule has 3 heterocycles. The maximum absolute atomic E-state index is 13.3. The molecule has 1 aromatic carbocycles. The molecule has 0 radical (unpaired) electrons. The summed E-state index contributed by atoms with van der Waals surface area (Å²) in [5.41, 5.74) is 1.34. The molecule has 140 valence electrons. The van der Waals surface area contributed by atoms with E-state index >= 15 is 0 Å². The highest BCUT2D eigenvalue weighted by molar-refractivity contribution is 7.11. The van der Waals surface area contributed by atoms with Crippen LogP contribution >= 0.6 is 22.9 Å². The number of aliphatic hydroxyl groups is 1. The number of aliphatic hydroxyl groups excluding tert-OH is 1. The van der Waals surface area contributed by atoms with Gasteiger partial charge in [-0.3, -0.25) is 9.59 Å². The van der Waals surface area contributed by atoms with Gasteiger partial charge in [0.25, 0.3) is 11.8 Å². The normalized spacial score (nSPS) is 20.7. The molecular weight excluding hydrogens is 384 g/mol. The molecule has 2 amide bonds. The van der Waals surface area contributed by atoms with Crippen LogP contribution < -0.4 is 4.90 Å². The van der Waals surface area contributed by atoms with Crippen molar-refractivity contribution in [1.29, 1.82) is 0 Å². The summed E-state index contributed by atoms with van der Waals surface area (Å²) in [4.78, 5) is 30.5. The number of benzene rings is 1. The summed E-state index contributed by atoms with van der Waals surface area (Å²) in [5.74, 6) is -0.547. The Morgan fingerprint density at radius 1 is 1.19 bits per heavy atom. The van der Waals surface area contributed by atoms with Crippen molar-refractivity contribution in [3.05, 3.63) is 57.4 Å². The molecule has 1 aromatic heterocycles. The van der Waals surface area contributed by atoms with Gasteiger partial charge < -0.3 is 10.0 Å². The van der Waals surface area contributed by atoms with E-state index in [0.29, 0.717) is 35.1 Å². The van der Waals surface area contributed by atoms with E-state index < -0.39 is 0 Å². The first-order chi connectivity index (χ1) is 13.1. The third-order valence-electron chi connectivity index (χ3n) is 4.99. The summed E-state index contributed by atoms with van der Waals surface area (Å²) >= 11 is 7.52. The monoisotopic (exact) mass is 402 g/mol. The minimum Gasteiger partial charge on any atom is -0.396 e. The quantitative estimate of drug-likeness (QED) is 0.796. The number of carbonyl (C=O) groups is 2. The van der Waals surface area contributed by atoms with Crippen LogP contribution in [0.4, 0.5) is 5.69 Å². The van der Waals surface area contributed by atoms with Gasteiger partial charge in [-0.1, -0.05) is 23.7 Å². The molecule has 7 heteroatoms. The van der Waals surface area contributed by atoms with Crippen LogP contribution in [0.25, 0.3) is 5.57 Å². The minimum absolute atomic E-state index is 0.0816. The largest absolute Gasteiger partial charge is 0.396 e. The van der Waals surface area contributed by atoms with Crippen molar-refractivity contribution in [3.8, 4) is 0 Å². The van der Waals surface area contributed by atoms with Crippen LogP contribution in [0.5, 0.6) is 0 Å². The lowest BCUT2D eigenvalue weighted by Gasteiger charge is -2.34. The molecule has 5 nitrogen and oxygen atoms in total. The molecule has 2 aromatic rings. The second-order valence-corrected chi connectivity index (χ2v) is 8.15. The number of imide groups is 1. The maximum Gasteiger partial charge on any atom is 0.282 e. The van der Waals surface area contributed by atoms with Crippen LogP contribution in [0, 0.1) is 5.92 Å². The first-order valence-electron chi connectivity index (χ1n) is 8.88. The van der Waals surface area contributed by atoms with Crippen molar-refractivity contribution in [2.24, 2.45) is 5.92 Å². The van der Waals surface area contributed by atoms with Gasteiger partial charge >= 0.3 is 0 Å². The van der Waals surface area contributed by atoms with Gasteiger partial charge in [-0.25, -0.2) is 4.90 Å². The Balaban J connectivity index is 1.79. The zero-order valence-electron chi connectivity index (χ0n) is 14.6. The van der Waals surface area contributed by atoms with E-state index in [1.807, 2.05) is 22.4 Å². The molecule has 0 bridgehead atoms. The molecular formula is C20H19ClN2O3S. The highest BCUT2D eigenvalue weighted by Gasteiger charge is 2.43. The molecule has 2 aliphatic heterocycles. The molecule has 2 aliphatic rings. The molecule has 27 heavy (non-hydrogen) atoms. The Labute approximate surface area is 166 Å². The third kappa shape index (κ3) is 3.29. The number of hydrogen-bond donors (Lipinski definition) is 1. The second-order valence-electron chi connectivity index (χ2n) is 6.76. The zero-order chi connectivity index (χ0) is 19.0. The van der Waals surface area contributed by atoms with Crippen LogP contribution in [0.1, 0.15) is 17.7 Å². The first kappa shape index (κ1) is 18.2. The van der Waals surface area contributed by atoms with E-state index in [4.69, 9.17) is 11.6 Å². The van der Waals surface area contributed by atoms with Crippen molar-refractivity contribution < 1.29 is 14.7 Å². The van der Waals surface area contributed by atoms with Crippen LogP contribution in [0.15, 0.2) is 47.5 Å². The number of nitrogens with zero attached hydrogens (tertiary/aromatic N) is 2. The van der Waals surface area contributed by atoms with Crippen molar-refractivity contribution in [1.82, 2.24) is 4.90 Å². The van der Waals surface area contributed by atoms with E-state index in [0.717, 1.165) is 17.7 Å². The predicted octanol–water partition coefficient (Wildman–Crippen LogP) is 3.39. The summed E-state index contributed by atoms with van der Waals surface area (Å²) in [6.07, 6.45) is 1.81. The lowest BCUT2D eigenvalue weighted by atomic mass is 9.98. The van der Waals surface area contributed by atoms with Gasteiger partial charge in [0.2, 0.25) is 0 Å². The molecule has 1 fully saturated rings. The lowest BCUT2D eigenvalue weighted by molar-refractivity contribution is -0.120. The van der Waals surface area contributed by atoms with Crippen molar-refractivity contribution in [3.63, 3.8) is 0 Å². The summed E-state index contributed by atoms with van der Waals surface area (Å²) < 4.78 is 0. The number of thiophene rings is 1. The Morgan fingerprint density at radius 3 is 2.74 bits per heavy atom. The number of anilines is 1. The minimum atomic E-state index is -0.329. The fourth-order valence-corrected chi connectivity index (χ4v) is 4.67. The van der Waals surface area contributed by atoms with E-state index in [1.54, 1.807) is 24.3 Å². The molecule has 1 atom stereocenters. The Hall–Kier alpha value is -2.15. The van der Waals surface area contributed by atoms with Gasteiger partial charge in [0.05, 0.1) is 11.3 Å². The molecule has 0 aliphatic carbocycles. The first-order valence-corrected chi connectivity index (χ1v) is 10.1. The van der Waals surface area contributed by atoms with E-state index in [2.05, 4.69) is 0 Å². The number of carbonyl (C=O) groups excluding carboxylic acids is 2. The average molecular weight is 403 g/mol. The molecule has 1 unspecified atom stereocenters. The van der Waals surface area contributed by atoms with E-state index in [9.17, 15) is 14.7 Å². The summed E-state index contributed by atoms with van der Waals surface area (Å²) in [6.45, 7) is 1.35. The Kier molecular flexibility index (Phi) is 5.04. The summed E-state index contributed by atoms with van der Waals surface area (Å²) in [7, 11) is 0. The number of hydrogen-bond acceptors (Lipinski definition) is 5. The number of amides is 2. The van der Waals surface area contributed by atoms with Gasteiger partial charge in [0, 0.05) is 29.6 Å². The SMILES string of the molecule is O=C1C(c2cccs2)=C(N2CCCC(CO)C2)C(=O)N1c1cccc(Cl)c1. The second kappa shape index (κ2) is 7.46. The van der Waals surface area contributed by atoms with Crippen LogP contribution in [-0.4, -0.2) is 41.5 Å². The number of rotatable bonds is 4. The lowest BCUT2D eigenvalue weighted by Crippen LogP contribution is -2.40. The predicted molar refractivity (Wildman–Crippen MR) is 107 cm³/mol. The maximum atomic E-state index is 13.3. The van der Waals surface area contributed by atoms with Gasteiger partial charge in [0.1, 0.15) is 5.70 Å². The molecule has 4 rings (SSSR count). The smallest absolute Gasteiger partial charge is 0.282 e. The van der Waals surface area contributed by atoms with Crippen molar-refractivity contribution in [2.45, 2.75) is 12.8 Å². The molecule has 0 saturated carbocycles. The van der Waals surface area contributed by atoms with Crippen LogP contribution in [-0.2, 0) is 9.59 Å². The number of halogens is 1. The third-order valence-corrected chi connectivity index (χ3v) is 6.11. The molecule has 1 saturated heterocycles. The van der Waals surface area contributed by atoms with Crippen molar-refractivity contribution in [2.75, 3.05) is 24.6 Å². The van der Waals surface area contributed by atoms with Crippen LogP contribution in [0.3, 0.4) is 0 Å². The molecule has 0 spiro atoms. The Bertz CT molecular complexity index is 910. The fraction of sp³-hybridized carbons (Fsp3) is 0.300. The standard InChI is InChI=1S/C20H19ClN2O3S/c21-14-5-1-6-15(10-14)23-19(25)17(16-7-3-9-27-16)18(20(23)26)22-8-2-4-13(11-22)12-24/h1,3,5-7,9-10,13,24H,2,4,8,11-12H2. The number of piperidine rings is 1.